The molecule has 0 atom stereocenters. The topological polar surface area (TPSA) is 20.3 Å². The number of rotatable bonds is 1. The van der Waals surface area contributed by atoms with Gasteiger partial charge in [-0.25, -0.2) is 0 Å². The summed E-state index contributed by atoms with van der Waals surface area (Å²) in [6.07, 6.45) is 8.60. The molecule has 22 heavy (non-hydrogen) atoms. The Hall–Kier alpha value is -2.35. The van der Waals surface area contributed by atoms with Gasteiger partial charge in [0, 0.05) is 17.8 Å². The van der Waals surface area contributed by atoms with Crippen molar-refractivity contribution in [3.05, 3.63) is 77.9 Å². The summed E-state index contributed by atoms with van der Waals surface area (Å²) < 4.78 is 0. The molecule has 0 unspecified atom stereocenters. The number of para-hydroxylation sites is 1. The van der Waals surface area contributed by atoms with Crippen LogP contribution >= 0.6 is 0 Å². The van der Waals surface area contributed by atoms with Crippen molar-refractivity contribution in [2.24, 2.45) is 0 Å². The van der Waals surface area contributed by atoms with Crippen LogP contribution in [-0.2, 0) is 6.42 Å². The van der Waals surface area contributed by atoms with Gasteiger partial charge in [0.2, 0.25) is 0 Å². The predicted molar refractivity (Wildman–Crippen MR) is 91.3 cm³/mol. The third-order valence-corrected chi connectivity index (χ3v) is 4.06. The highest BCUT2D eigenvalue weighted by atomic mass is 16.2. The van der Waals surface area contributed by atoms with Crippen molar-refractivity contribution in [2.45, 2.75) is 25.7 Å². The zero-order valence-corrected chi connectivity index (χ0v) is 12.7. The molecule has 0 fully saturated rings. The van der Waals surface area contributed by atoms with Crippen LogP contribution in [0.4, 0.5) is 5.69 Å². The number of amides is 1. The van der Waals surface area contributed by atoms with E-state index in [2.05, 4.69) is 24.3 Å². The second-order valence-corrected chi connectivity index (χ2v) is 5.62. The van der Waals surface area contributed by atoms with Crippen molar-refractivity contribution in [3.63, 3.8) is 0 Å². The molecule has 1 aliphatic rings. The van der Waals surface area contributed by atoms with Crippen molar-refractivity contribution in [1.29, 1.82) is 0 Å². The van der Waals surface area contributed by atoms with Crippen molar-refractivity contribution >= 4 is 11.6 Å². The first-order valence-electron chi connectivity index (χ1n) is 7.96. The maximum Gasteiger partial charge on any atom is 0.258 e. The number of anilines is 1. The first-order valence-corrected chi connectivity index (χ1v) is 7.96. The highest BCUT2D eigenvalue weighted by Gasteiger charge is 2.19. The van der Waals surface area contributed by atoms with E-state index in [0.717, 1.165) is 43.5 Å². The number of nitrogens with zero attached hydrogens (tertiary/aromatic N) is 1. The quantitative estimate of drug-likeness (QED) is 0.702. The van der Waals surface area contributed by atoms with Gasteiger partial charge in [-0.05, 0) is 49.4 Å². The Morgan fingerprint density at radius 3 is 2.50 bits per heavy atom. The number of fused-ring (bicyclic) bond motifs is 1. The summed E-state index contributed by atoms with van der Waals surface area (Å²) in [5.74, 6) is 0.0950. The molecule has 3 rings (SSSR count). The normalized spacial score (nSPS) is 16.6. The average Bonchev–Trinajstić information content (AvgIpc) is 2.59. The molecule has 2 nitrogen and oxygen atoms in total. The molecule has 0 bridgehead atoms. The third kappa shape index (κ3) is 3.28. The number of hydrogen-bond donors (Lipinski definition) is 0. The lowest BCUT2D eigenvalue weighted by molar-refractivity contribution is 0.0986. The van der Waals surface area contributed by atoms with Gasteiger partial charge in [0.05, 0.1) is 0 Å². The second kappa shape index (κ2) is 7.08. The fourth-order valence-corrected chi connectivity index (χ4v) is 2.87. The van der Waals surface area contributed by atoms with Gasteiger partial charge in [-0.2, -0.15) is 0 Å². The van der Waals surface area contributed by atoms with Gasteiger partial charge in [0.1, 0.15) is 0 Å². The number of allylic oxidation sites excluding steroid dienone is 2. The monoisotopic (exact) mass is 291 g/mol. The van der Waals surface area contributed by atoms with Crippen LogP contribution in [0.5, 0.6) is 0 Å². The molecule has 2 aromatic rings. The Kier molecular flexibility index (Phi) is 4.69. The average molecular weight is 291 g/mol. The molecule has 1 aliphatic heterocycles. The van der Waals surface area contributed by atoms with E-state index in [4.69, 9.17) is 0 Å². The van der Waals surface area contributed by atoms with Gasteiger partial charge < -0.3 is 4.90 Å². The summed E-state index contributed by atoms with van der Waals surface area (Å²) in [6.45, 7) is 0.776. The Labute approximate surface area is 132 Å². The summed E-state index contributed by atoms with van der Waals surface area (Å²) in [5, 5.41) is 0. The summed E-state index contributed by atoms with van der Waals surface area (Å²) in [4.78, 5) is 14.9. The van der Waals surface area contributed by atoms with E-state index in [1.807, 2.05) is 47.4 Å². The molecule has 0 N–H and O–H groups in total. The SMILES string of the molecule is O=C(c1ccccc1)N1CCCC/C=C/Cc2ccccc21. The molecule has 0 spiro atoms. The Bertz CT molecular complexity index is 660. The van der Waals surface area contributed by atoms with Crippen molar-refractivity contribution in [1.82, 2.24) is 0 Å². The predicted octanol–water partition coefficient (Wildman–Crippen LogP) is 4.62. The molecule has 0 saturated carbocycles. The minimum atomic E-state index is 0.0950. The highest BCUT2D eigenvalue weighted by molar-refractivity contribution is 6.06. The lowest BCUT2D eigenvalue weighted by Gasteiger charge is -2.26. The smallest absolute Gasteiger partial charge is 0.258 e. The van der Waals surface area contributed by atoms with Crippen LogP contribution in [0.25, 0.3) is 0 Å². The van der Waals surface area contributed by atoms with E-state index in [-0.39, 0.29) is 5.91 Å². The molecule has 112 valence electrons. The van der Waals surface area contributed by atoms with Gasteiger partial charge in [-0.15, -0.1) is 0 Å². The van der Waals surface area contributed by atoms with Crippen LogP contribution < -0.4 is 4.90 Å². The van der Waals surface area contributed by atoms with Gasteiger partial charge in [0.15, 0.2) is 0 Å². The zero-order valence-electron chi connectivity index (χ0n) is 12.7. The lowest BCUT2D eigenvalue weighted by Crippen LogP contribution is -2.32. The standard InChI is InChI=1S/C20H21NO/c22-20(18-13-6-4-7-14-18)21-16-10-3-1-2-5-11-17-12-8-9-15-19(17)21/h2,4-9,12-15H,1,3,10-11,16H2/b5-2+. The fraction of sp³-hybridized carbons (Fsp3) is 0.250. The Morgan fingerprint density at radius 2 is 1.64 bits per heavy atom. The molecular weight excluding hydrogens is 270 g/mol. The first-order chi connectivity index (χ1) is 10.9. The van der Waals surface area contributed by atoms with E-state index in [1.165, 1.54) is 5.56 Å². The van der Waals surface area contributed by atoms with Crippen molar-refractivity contribution in [2.75, 3.05) is 11.4 Å². The fourth-order valence-electron chi connectivity index (χ4n) is 2.87. The van der Waals surface area contributed by atoms with E-state index < -0.39 is 0 Å². The Morgan fingerprint density at radius 1 is 0.864 bits per heavy atom. The van der Waals surface area contributed by atoms with Crippen molar-refractivity contribution in [3.8, 4) is 0 Å². The highest BCUT2D eigenvalue weighted by Crippen LogP contribution is 2.25. The first kappa shape index (κ1) is 14.6. The number of hydrogen-bond acceptors (Lipinski definition) is 1. The largest absolute Gasteiger partial charge is 0.308 e. The zero-order chi connectivity index (χ0) is 15.2. The number of benzene rings is 2. The lowest BCUT2D eigenvalue weighted by atomic mass is 10.0. The molecule has 0 aromatic heterocycles. The van der Waals surface area contributed by atoms with Gasteiger partial charge in [-0.3, -0.25) is 4.79 Å². The van der Waals surface area contributed by atoms with Crippen molar-refractivity contribution < 1.29 is 4.79 Å². The molecule has 0 aliphatic carbocycles. The number of carbonyl (C=O) groups is 1. The third-order valence-electron chi connectivity index (χ3n) is 4.06. The summed E-state index contributed by atoms with van der Waals surface area (Å²) in [6, 6.07) is 17.8. The summed E-state index contributed by atoms with van der Waals surface area (Å²) >= 11 is 0. The molecule has 1 heterocycles. The Balaban J connectivity index is 1.98. The van der Waals surface area contributed by atoms with Gasteiger partial charge in [0.25, 0.3) is 5.91 Å². The van der Waals surface area contributed by atoms with Crippen LogP contribution in [0.15, 0.2) is 66.7 Å². The van der Waals surface area contributed by atoms with Crippen LogP contribution in [0.3, 0.4) is 0 Å². The van der Waals surface area contributed by atoms with Gasteiger partial charge in [-0.1, -0.05) is 48.6 Å². The van der Waals surface area contributed by atoms with E-state index in [0.29, 0.717) is 0 Å². The summed E-state index contributed by atoms with van der Waals surface area (Å²) in [5.41, 5.74) is 3.01. The summed E-state index contributed by atoms with van der Waals surface area (Å²) in [7, 11) is 0. The molecule has 2 aromatic carbocycles. The minimum Gasteiger partial charge on any atom is -0.308 e. The molecule has 0 radical (unpaired) electrons. The molecular formula is C20H21NO. The van der Waals surface area contributed by atoms with Crippen LogP contribution in [0.2, 0.25) is 0 Å². The van der Waals surface area contributed by atoms with Crippen LogP contribution in [0.1, 0.15) is 35.2 Å². The maximum absolute atomic E-state index is 12.9. The van der Waals surface area contributed by atoms with Crippen LogP contribution in [-0.4, -0.2) is 12.5 Å². The van der Waals surface area contributed by atoms with Crippen LogP contribution in [0, 0.1) is 0 Å². The number of carbonyl (C=O) groups excluding carboxylic acids is 1. The minimum absolute atomic E-state index is 0.0950. The van der Waals surface area contributed by atoms with E-state index >= 15 is 0 Å². The molecule has 1 amide bonds. The van der Waals surface area contributed by atoms with E-state index in [1.54, 1.807) is 0 Å². The van der Waals surface area contributed by atoms with E-state index in [9.17, 15) is 4.79 Å². The molecule has 2 heteroatoms. The molecule has 0 saturated heterocycles. The second-order valence-electron chi connectivity index (χ2n) is 5.62. The maximum atomic E-state index is 12.9. The van der Waals surface area contributed by atoms with Gasteiger partial charge >= 0.3 is 0 Å².